The molecule has 6 heteroatoms. The van der Waals surface area contributed by atoms with Crippen molar-refractivity contribution in [2.24, 2.45) is 0 Å². The van der Waals surface area contributed by atoms with Crippen molar-refractivity contribution in [2.75, 3.05) is 13.2 Å². The first-order valence-electron chi connectivity index (χ1n) is 31.4. The van der Waals surface area contributed by atoms with Gasteiger partial charge in [-0.3, -0.25) is 14.4 Å². The fourth-order valence-corrected chi connectivity index (χ4v) is 8.60. The number of carbonyl (C=O) groups excluding carboxylic acids is 3. The van der Waals surface area contributed by atoms with Crippen LogP contribution in [0.1, 0.15) is 290 Å². The quantitative estimate of drug-likeness (QED) is 0.0261. The second-order valence-corrected chi connectivity index (χ2v) is 20.5. The minimum Gasteiger partial charge on any atom is -0.462 e. The van der Waals surface area contributed by atoms with Crippen LogP contribution in [-0.4, -0.2) is 37.2 Å². The predicted octanol–water partition coefficient (Wildman–Crippen LogP) is 21.4. The molecule has 0 bridgehead atoms. The van der Waals surface area contributed by atoms with Gasteiger partial charge in [-0.15, -0.1) is 0 Å². The van der Waals surface area contributed by atoms with Crippen LogP contribution in [0.5, 0.6) is 0 Å². The maximum Gasteiger partial charge on any atom is 0.306 e. The Morgan fingerprint density at radius 1 is 0.280 bits per heavy atom. The third kappa shape index (κ3) is 60.8. The van der Waals surface area contributed by atoms with Gasteiger partial charge in [0.05, 0.1) is 0 Å². The standard InChI is InChI=1S/C69H116O6/c1-4-7-10-13-16-19-22-25-28-29-30-31-32-33-34-35-36-37-38-39-42-44-47-50-53-56-59-62-68(71)74-65-66(75-69(72)63-60-57-54-51-48-45-41-27-24-21-18-15-12-9-6-3)64-73-67(70)61-58-55-52-49-46-43-40-26-23-20-17-14-11-8-5-2/h7,9-10,12,16,18-19,21,25-28,30-31,33-34,40-41,66H,4-6,8,11,13-15,17,20,22-24,29,32,35-39,42-65H2,1-3H3/b10-7-,12-9-,19-16-,21-18-,28-25-,31-30-,34-33-,40-26-,41-27-. The lowest BCUT2D eigenvalue weighted by Gasteiger charge is -2.18. The Morgan fingerprint density at radius 2 is 0.520 bits per heavy atom. The Hall–Kier alpha value is -3.93. The summed E-state index contributed by atoms with van der Waals surface area (Å²) in [5.74, 6) is -0.912. The van der Waals surface area contributed by atoms with Gasteiger partial charge in [0.1, 0.15) is 13.2 Å². The fraction of sp³-hybridized carbons (Fsp3) is 0.696. The largest absolute Gasteiger partial charge is 0.462 e. The van der Waals surface area contributed by atoms with Gasteiger partial charge in [0.25, 0.3) is 0 Å². The smallest absolute Gasteiger partial charge is 0.306 e. The van der Waals surface area contributed by atoms with E-state index in [9.17, 15) is 14.4 Å². The molecule has 428 valence electrons. The summed E-state index contributed by atoms with van der Waals surface area (Å²) in [6.45, 7) is 6.40. The van der Waals surface area contributed by atoms with Crippen LogP contribution in [0.15, 0.2) is 109 Å². The van der Waals surface area contributed by atoms with Gasteiger partial charge in [-0.1, -0.05) is 259 Å². The lowest BCUT2D eigenvalue weighted by molar-refractivity contribution is -0.167. The lowest BCUT2D eigenvalue weighted by Crippen LogP contribution is -2.30. The molecule has 0 aromatic carbocycles. The number of allylic oxidation sites excluding steroid dienone is 18. The summed E-state index contributed by atoms with van der Waals surface area (Å²) in [7, 11) is 0. The van der Waals surface area contributed by atoms with Crippen LogP contribution < -0.4 is 0 Å². The van der Waals surface area contributed by atoms with Gasteiger partial charge in [-0.05, 0) is 122 Å². The SMILES string of the molecule is CC/C=C\C/C=C\C/C=C\C/C=C\C/C=C\CCCCCCCCCCCCCC(=O)OCC(COC(=O)CCCCCCC/C=C\CCCCCCCC)OC(=O)CCCCCCC/C=C\C/C=C\C/C=C\CC. The Labute approximate surface area is 463 Å². The molecule has 0 saturated heterocycles. The lowest BCUT2D eigenvalue weighted by atomic mass is 10.0. The maximum atomic E-state index is 12.9. The van der Waals surface area contributed by atoms with Gasteiger partial charge in [-0.25, -0.2) is 0 Å². The van der Waals surface area contributed by atoms with E-state index in [0.29, 0.717) is 19.3 Å². The molecule has 0 heterocycles. The third-order valence-electron chi connectivity index (χ3n) is 13.2. The molecule has 1 atom stereocenters. The maximum absolute atomic E-state index is 12.9. The normalized spacial score (nSPS) is 12.8. The minimum atomic E-state index is -0.794. The second kappa shape index (κ2) is 62.6. The van der Waals surface area contributed by atoms with E-state index in [1.807, 2.05) is 0 Å². The summed E-state index contributed by atoms with van der Waals surface area (Å²) < 4.78 is 16.9. The Kier molecular flexibility index (Phi) is 59.3. The summed E-state index contributed by atoms with van der Waals surface area (Å²) in [6.07, 6.45) is 85.2. The first kappa shape index (κ1) is 71.1. The van der Waals surface area contributed by atoms with E-state index in [4.69, 9.17) is 14.2 Å². The molecule has 0 aromatic rings. The summed E-state index contributed by atoms with van der Waals surface area (Å²) in [6, 6.07) is 0. The van der Waals surface area contributed by atoms with Crippen molar-refractivity contribution in [1.82, 2.24) is 0 Å². The Morgan fingerprint density at radius 3 is 0.827 bits per heavy atom. The van der Waals surface area contributed by atoms with E-state index in [1.54, 1.807) is 0 Å². The molecule has 0 fully saturated rings. The van der Waals surface area contributed by atoms with Gasteiger partial charge in [0, 0.05) is 19.3 Å². The van der Waals surface area contributed by atoms with Crippen molar-refractivity contribution in [3.05, 3.63) is 109 Å². The summed E-state index contributed by atoms with van der Waals surface area (Å²) in [5.41, 5.74) is 0. The zero-order valence-corrected chi connectivity index (χ0v) is 49.0. The van der Waals surface area contributed by atoms with Crippen LogP contribution in [0, 0.1) is 0 Å². The molecule has 0 spiro atoms. The highest BCUT2D eigenvalue weighted by Gasteiger charge is 2.19. The summed E-state index contributed by atoms with van der Waals surface area (Å²) in [4.78, 5) is 38.3. The van der Waals surface area contributed by atoms with Crippen LogP contribution >= 0.6 is 0 Å². The molecule has 0 rings (SSSR count). The summed E-state index contributed by atoms with van der Waals surface area (Å²) >= 11 is 0. The number of unbranched alkanes of at least 4 members (excludes halogenated alkanes) is 27. The molecule has 0 saturated carbocycles. The molecule has 0 aliphatic heterocycles. The van der Waals surface area contributed by atoms with E-state index in [0.717, 1.165) is 135 Å². The molecule has 0 aliphatic carbocycles. The molecular formula is C69H116O6. The number of hydrogen-bond acceptors (Lipinski definition) is 6. The third-order valence-corrected chi connectivity index (χ3v) is 13.2. The highest BCUT2D eigenvalue weighted by atomic mass is 16.6. The van der Waals surface area contributed by atoms with Gasteiger partial charge in [0.15, 0.2) is 6.10 Å². The average Bonchev–Trinajstić information content (AvgIpc) is 3.41. The van der Waals surface area contributed by atoms with Crippen LogP contribution in [0.3, 0.4) is 0 Å². The molecule has 0 amide bonds. The highest BCUT2D eigenvalue weighted by molar-refractivity contribution is 5.71. The molecule has 1 unspecified atom stereocenters. The molecular weight excluding hydrogens is 925 g/mol. The van der Waals surface area contributed by atoms with E-state index >= 15 is 0 Å². The topological polar surface area (TPSA) is 78.9 Å². The Bertz CT molecular complexity index is 1520. The number of esters is 3. The monoisotopic (exact) mass is 1040 g/mol. The molecule has 75 heavy (non-hydrogen) atoms. The molecule has 0 aromatic heterocycles. The van der Waals surface area contributed by atoms with E-state index in [2.05, 4.69) is 130 Å². The van der Waals surface area contributed by atoms with Gasteiger partial charge in [0.2, 0.25) is 0 Å². The van der Waals surface area contributed by atoms with Gasteiger partial charge < -0.3 is 14.2 Å². The average molecular weight is 1040 g/mol. The first-order chi connectivity index (χ1) is 37.0. The first-order valence-corrected chi connectivity index (χ1v) is 31.4. The van der Waals surface area contributed by atoms with Crippen LogP contribution in [0.4, 0.5) is 0 Å². The van der Waals surface area contributed by atoms with Crippen molar-refractivity contribution in [3.8, 4) is 0 Å². The van der Waals surface area contributed by atoms with Crippen LogP contribution in [0.2, 0.25) is 0 Å². The Balaban J connectivity index is 4.32. The van der Waals surface area contributed by atoms with Crippen molar-refractivity contribution in [3.63, 3.8) is 0 Å². The van der Waals surface area contributed by atoms with Crippen molar-refractivity contribution < 1.29 is 28.6 Å². The van der Waals surface area contributed by atoms with E-state index < -0.39 is 6.10 Å². The number of rotatable bonds is 56. The molecule has 0 N–H and O–H groups in total. The molecule has 6 nitrogen and oxygen atoms in total. The van der Waals surface area contributed by atoms with Gasteiger partial charge in [-0.2, -0.15) is 0 Å². The summed E-state index contributed by atoms with van der Waals surface area (Å²) in [5, 5.41) is 0. The molecule has 0 aliphatic rings. The number of ether oxygens (including phenoxy) is 3. The van der Waals surface area contributed by atoms with Crippen LogP contribution in [-0.2, 0) is 28.6 Å². The number of hydrogen-bond donors (Lipinski definition) is 0. The zero-order valence-electron chi connectivity index (χ0n) is 49.0. The predicted molar refractivity (Wildman–Crippen MR) is 325 cm³/mol. The van der Waals surface area contributed by atoms with Crippen molar-refractivity contribution >= 4 is 17.9 Å². The second-order valence-electron chi connectivity index (χ2n) is 20.5. The van der Waals surface area contributed by atoms with E-state index in [1.165, 1.54) is 116 Å². The number of carbonyl (C=O) groups is 3. The highest BCUT2D eigenvalue weighted by Crippen LogP contribution is 2.15. The van der Waals surface area contributed by atoms with E-state index in [-0.39, 0.29) is 31.1 Å². The van der Waals surface area contributed by atoms with Crippen molar-refractivity contribution in [2.45, 2.75) is 297 Å². The van der Waals surface area contributed by atoms with Crippen LogP contribution in [0.25, 0.3) is 0 Å². The van der Waals surface area contributed by atoms with Gasteiger partial charge >= 0.3 is 17.9 Å². The minimum absolute atomic E-state index is 0.0894. The fourth-order valence-electron chi connectivity index (χ4n) is 8.60. The molecule has 0 radical (unpaired) electrons. The zero-order chi connectivity index (χ0) is 54.3. The van der Waals surface area contributed by atoms with Crippen molar-refractivity contribution in [1.29, 1.82) is 0 Å².